The van der Waals surface area contributed by atoms with E-state index in [0.29, 0.717) is 6.42 Å². The molecule has 1 atom stereocenters. The summed E-state index contributed by atoms with van der Waals surface area (Å²) in [5.41, 5.74) is 0. The molecular formula is C8H8OS. The number of rotatable bonds is 2. The van der Waals surface area contributed by atoms with Crippen molar-refractivity contribution >= 4 is 11.3 Å². The lowest BCUT2D eigenvalue weighted by molar-refractivity contribution is 0.188. The van der Waals surface area contributed by atoms with Crippen molar-refractivity contribution in [1.82, 2.24) is 0 Å². The molecule has 1 N–H and O–H groups in total. The van der Waals surface area contributed by atoms with Crippen molar-refractivity contribution in [2.24, 2.45) is 0 Å². The van der Waals surface area contributed by atoms with Gasteiger partial charge in [-0.05, 0) is 11.4 Å². The van der Waals surface area contributed by atoms with E-state index < -0.39 is 6.10 Å². The van der Waals surface area contributed by atoms with Gasteiger partial charge in [0.05, 0.1) is 6.10 Å². The molecule has 10 heavy (non-hydrogen) atoms. The van der Waals surface area contributed by atoms with Crippen LogP contribution in [0.15, 0.2) is 17.5 Å². The molecule has 0 bridgehead atoms. The van der Waals surface area contributed by atoms with Crippen molar-refractivity contribution < 1.29 is 5.11 Å². The quantitative estimate of drug-likeness (QED) is 0.641. The van der Waals surface area contributed by atoms with Gasteiger partial charge in [-0.2, -0.15) is 0 Å². The van der Waals surface area contributed by atoms with Crippen LogP contribution in [0.3, 0.4) is 0 Å². The van der Waals surface area contributed by atoms with Gasteiger partial charge in [0.1, 0.15) is 0 Å². The molecule has 0 amide bonds. The molecule has 0 aliphatic carbocycles. The Morgan fingerprint density at radius 3 is 3.10 bits per heavy atom. The van der Waals surface area contributed by atoms with Crippen molar-refractivity contribution in [1.29, 1.82) is 0 Å². The standard InChI is InChI=1S/C8H8OS/c1-2-4-7(9)8-5-3-6-10-8/h1,3,5-7,9H,4H2/t7-/m0/s1. The minimum Gasteiger partial charge on any atom is -0.387 e. The summed E-state index contributed by atoms with van der Waals surface area (Å²) < 4.78 is 0. The van der Waals surface area contributed by atoms with Gasteiger partial charge in [0, 0.05) is 11.3 Å². The van der Waals surface area contributed by atoms with E-state index in [4.69, 9.17) is 6.42 Å². The Kier molecular flexibility index (Phi) is 2.49. The number of hydrogen-bond donors (Lipinski definition) is 1. The minimum absolute atomic E-state index is 0.403. The normalized spacial score (nSPS) is 12.4. The van der Waals surface area contributed by atoms with Crippen molar-refractivity contribution in [3.8, 4) is 12.3 Å². The van der Waals surface area contributed by atoms with Crippen LogP contribution >= 0.6 is 11.3 Å². The maximum absolute atomic E-state index is 9.28. The fraction of sp³-hybridized carbons (Fsp3) is 0.250. The Hall–Kier alpha value is -0.780. The van der Waals surface area contributed by atoms with E-state index in [1.165, 1.54) is 11.3 Å². The Balaban J connectivity index is 2.61. The fourth-order valence-corrected chi connectivity index (χ4v) is 1.40. The molecule has 0 saturated heterocycles. The molecule has 0 saturated carbocycles. The molecule has 1 aromatic rings. The monoisotopic (exact) mass is 152 g/mol. The van der Waals surface area contributed by atoms with Gasteiger partial charge < -0.3 is 5.11 Å². The van der Waals surface area contributed by atoms with Gasteiger partial charge in [-0.15, -0.1) is 23.7 Å². The Morgan fingerprint density at radius 2 is 2.60 bits per heavy atom. The molecular weight excluding hydrogens is 144 g/mol. The summed E-state index contributed by atoms with van der Waals surface area (Å²) >= 11 is 1.53. The van der Waals surface area contributed by atoms with Crippen molar-refractivity contribution in [3.63, 3.8) is 0 Å². The predicted octanol–water partition coefficient (Wildman–Crippen LogP) is 1.80. The molecule has 1 rings (SSSR count). The summed E-state index contributed by atoms with van der Waals surface area (Å²) in [7, 11) is 0. The smallest absolute Gasteiger partial charge is 0.0990 e. The van der Waals surface area contributed by atoms with Crippen LogP contribution in [0.2, 0.25) is 0 Å². The highest BCUT2D eigenvalue weighted by Gasteiger charge is 2.04. The first-order chi connectivity index (χ1) is 4.84. The van der Waals surface area contributed by atoms with Gasteiger partial charge in [-0.25, -0.2) is 0 Å². The van der Waals surface area contributed by atoms with Crippen LogP contribution < -0.4 is 0 Å². The van der Waals surface area contributed by atoms with E-state index in [1.807, 2.05) is 17.5 Å². The molecule has 0 spiro atoms. The lowest BCUT2D eigenvalue weighted by atomic mass is 10.2. The Labute approximate surface area is 64.3 Å². The Morgan fingerprint density at radius 1 is 1.80 bits per heavy atom. The van der Waals surface area contributed by atoms with Gasteiger partial charge in [0.25, 0.3) is 0 Å². The van der Waals surface area contributed by atoms with Crippen molar-refractivity contribution in [2.45, 2.75) is 12.5 Å². The third-order valence-corrected chi connectivity index (χ3v) is 2.16. The number of terminal acetylenes is 1. The molecule has 0 unspecified atom stereocenters. The number of aliphatic hydroxyl groups is 1. The first-order valence-corrected chi connectivity index (χ1v) is 3.87. The Bertz CT molecular complexity index is 220. The average molecular weight is 152 g/mol. The van der Waals surface area contributed by atoms with Crippen LogP contribution in [0.5, 0.6) is 0 Å². The molecule has 0 aromatic carbocycles. The second-order valence-electron chi connectivity index (χ2n) is 1.94. The third kappa shape index (κ3) is 1.60. The molecule has 0 aliphatic rings. The summed E-state index contributed by atoms with van der Waals surface area (Å²) in [5.74, 6) is 2.41. The van der Waals surface area contributed by atoms with Crippen LogP contribution in [0.25, 0.3) is 0 Å². The van der Waals surface area contributed by atoms with E-state index in [1.54, 1.807) is 0 Å². The largest absolute Gasteiger partial charge is 0.387 e. The number of aliphatic hydroxyl groups excluding tert-OH is 1. The maximum atomic E-state index is 9.28. The molecule has 1 nitrogen and oxygen atoms in total. The van der Waals surface area contributed by atoms with Crippen LogP contribution in [0.4, 0.5) is 0 Å². The van der Waals surface area contributed by atoms with Crippen LogP contribution in [-0.4, -0.2) is 5.11 Å². The van der Waals surface area contributed by atoms with Gasteiger partial charge in [0.2, 0.25) is 0 Å². The summed E-state index contributed by atoms with van der Waals surface area (Å²) in [5, 5.41) is 11.2. The van der Waals surface area contributed by atoms with Crippen molar-refractivity contribution in [2.75, 3.05) is 0 Å². The van der Waals surface area contributed by atoms with Gasteiger partial charge in [-0.3, -0.25) is 0 Å². The van der Waals surface area contributed by atoms with Gasteiger partial charge in [-0.1, -0.05) is 6.07 Å². The number of thiophene rings is 1. The minimum atomic E-state index is -0.468. The molecule has 0 fully saturated rings. The number of hydrogen-bond acceptors (Lipinski definition) is 2. The van der Waals surface area contributed by atoms with Gasteiger partial charge in [0.15, 0.2) is 0 Å². The molecule has 0 aliphatic heterocycles. The predicted molar refractivity (Wildman–Crippen MR) is 42.7 cm³/mol. The molecule has 1 aromatic heterocycles. The van der Waals surface area contributed by atoms with E-state index in [0.717, 1.165) is 4.88 Å². The zero-order chi connectivity index (χ0) is 7.40. The zero-order valence-electron chi connectivity index (χ0n) is 5.45. The SMILES string of the molecule is C#CC[C@H](O)c1cccs1. The van der Waals surface area contributed by atoms with Crippen LogP contribution in [0, 0.1) is 12.3 Å². The van der Waals surface area contributed by atoms with Crippen LogP contribution in [-0.2, 0) is 0 Å². The zero-order valence-corrected chi connectivity index (χ0v) is 6.27. The maximum Gasteiger partial charge on any atom is 0.0990 e. The molecule has 1 heterocycles. The molecule has 2 heteroatoms. The first kappa shape index (κ1) is 7.33. The highest BCUT2D eigenvalue weighted by atomic mass is 32.1. The van der Waals surface area contributed by atoms with Crippen LogP contribution in [0.1, 0.15) is 17.4 Å². The summed E-state index contributed by atoms with van der Waals surface area (Å²) in [6.07, 6.45) is 4.97. The lowest BCUT2D eigenvalue weighted by Gasteiger charge is -2.00. The van der Waals surface area contributed by atoms with E-state index in [-0.39, 0.29) is 0 Å². The second-order valence-corrected chi connectivity index (χ2v) is 2.92. The van der Waals surface area contributed by atoms with Crippen molar-refractivity contribution in [3.05, 3.63) is 22.4 Å². The lowest BCUT2D eigenvalue weighted by Crippen LogP contribution is -1.90. The van der Waals surface area contributed by atoms with E-state index >= 15 is 0 Å². The topological polar surface area (TPSA) is 20.2 Å². The molecule has 52 valence electrons. The highest BCUT2D eigenvalue weighted by molar-refractivity contribution is 7.10. The van der Waals surface area contributed by atoms with Gasteiger partial charge >= 0.3 is 0 Å². The summed E-state index contributed by atoms with van der Waals surface area (Å²) in [4.78, 5) is 0.943. The summed E-state index contributed by atoms with van der Waals surface area (Å²) in [6.45, 7) is 0. The second kappa shape index (κ2) is 3.40. The van der Waals surface area contributed by atoms with E-state index in [2.05, 4.69) is 5.92 Å². The average Bonchev–Trinajstić information content (AvgIpc) is 2.38. The fourth-order valence-electron chi connectivity index (χ4n) is 0.693. The molecule has 0 radical (unpaired) electrons. The highest BCUT2D eigenvalue weighted by Crippen LogP contribution is 2.20. The summed E-state index contributed by atoms with van der Waals surface area (Å²) in [6, 6.07) is 3.78. The first-order valence-electron chi connectivity index (χ1n) is 2.99. The third-order valence-electron chi connectivity index (χ3n) is 1.18. The van der Waals surface area contributed by atoms with E-state index in [9.17, 15) is 5.11 Å².